The van der Waals surface area contributed by atoms with Gasteiger partial charge in [-0.05, 0) is 37.6 Å². The number of nitrogens with two attached hydrogens (primary N) is 1. The van der Waals surface area contributed by atoms with Crippen LogP contribution in [0.15, 0.2) is 22.7 Å². The van der Waals surface area contributed by atoms with E-state index in [1.54, 1.807) is 6.92 Å². The zero-order chi connectivity index (χ0) is 10.7. The van der Waals surface area contributed by atoms with Gasteiger partial charge in [0.2, 0.25) is 5.91 Å². The van der Waals surface area contributed by atoms with Gasteiger partial charge in [-0.25, -0.2) is 0 Å². The third-order valence-corrected chi connectivity index (χ3v) is 2.35. The lowest BCUT2D eigenvalue weighted by molar-refractivity contribution is -0.117. The molecular formula is C10H14BrClN2O. The number of carbonyl (C=O) groups excluding carboxylic acids is 1. The predicted molar refractivity (Wildman–Crippen MR) is 68.4 cm³/mol. The molecule has 0 heterocycles. The monoisotopic (exact) mass is 292 g/mol. The molecule has 3 N–H and O–H groups in total. The molecule has 3 nitrogen and oxygen atoms in total. The normalized spacial score (nSPS) is 11.5. The van der Waals surface area contributed by atoms with Gasteiger partial charge in [-0.15, -0.1) is 12.4 Å². The number of rotatable bonds is 2. The fourth-order valence-electron chi connectivity index (χ4n) is 1.01. The van der Waals surface area contributed by atoms with Gasteiger partial charge < -0.3 is 11.1 Å². The maximum atomic E-state index is 11.3. The Bertz CT molecular complexity index is 355. The number of anilines is 1. The van der Waals surface area contributed by atoms with Crippen molar-refractivity contribution in [3.05, 3.63) is 28.2 Å². The second kappa shape index (κ2) is 6.10. The number of hydrogen-bond donors (Lipinski definition) is 2. The number of benzene rings is 1. The first kappa shape index (κ1) is 14.4. The van der Waals surface area contributed by atoms with Gasteiger partial charge in [-0.2, -0.15) is 0 Å². The summed E-state index contributed by atoms with van der Waals surface area (Å²) in [5.74, 6) is -0.171. The second-order valence-corrected chi connectivity index (χ2v) is 4.15. The smallest absolute Gasteiger partial charge is 0.241 e. The molecule has 0 aliphatic carbocycles. The minimum Gasteiger partial charge on any atom is -0.325 e. The molecule has 84 valence electrons. The van der Waals surface area contributed by atoms with E-state index in [4.69, 9.17) is 5.73 Å². The van der Waals surface area contributed by atoms with Crippen LogP contribution in [0.1, 0.15) is 12.5 Å². The molecule has 0 aliphatic heterocycles. The number of aryl methyl sites for hydroxylation is 1. The van der Waals surface area contributed by atoms with Crippen LogP contribution in [0.2, 0.25) is 0 Å². The van der Waals surface area contributed by atoms with Crippen LogP contribution in [0.4, 0.5) is 5.69 Å². The van der Waals surface area contributed by atoms with Crippen LogP contribution in [0.5, 0.6) is 0 Å². The van der Waals surface area contributed by atoms with Crippen molar-refractivity contribution in [3.8, 4) is 0 Å². The first-order valence-corrected chi connectivity index (χ1v) is 5.12. The molecule has 1 aromatic rings. The summed E-state index contributed by atoms with van der Waals surface area (Å²) in [4.78, 5) is 11.3. The van der Waals surface area contributed by atoms with Crippen LogP contribution < -0.4 is 11.1 Å². The fourth-order valence-corrected chi connectivity index (χ4v) is 1.49. The summed E-state index contributed by atoms with van der Waals surface area (Å²) in [6.45, 7) is 3.59. The summed E-state index contributed by atoms with van der Waals surface area (Å²) in [7, 11) is 0. The molecule has 0 unspecified atom stereocenters. The lowest BCUT2D eigenvalue weighted by Crippen LogP contribution is -2.32. The molecule has 0 aliphatic rings. The largest absolute Gasteiger partial charge is 0.325 e. The van der Waals surface area contributed by atoms with Gasteiger partial charge in [-0.1, -0.05) is 15.9 Å². The lowest BCUT2D eigenvalue weighted by atomic mass is 10.2. The van der Waals surface area contributed by atoms with Crippen molar-refractivity contribution in [2.24, 2.45) is 5.73 Å². The standard InChI is InChI=1S/C10H13BrN2O.ClH/c1-6-5-8(11)3-4-9(6)13-10(14)7(2)12;/h3-5,7H,12H2,1-2H3,(H,13,14);1H/t7-;/m1./s1. The van der Waals surface area contributed by atoms with E-state index >= 15 is 0 Å². The molecule has 1 rings (SSSR count). The van der Waals surface area contributed by atoms with Crippen molar-refractivity contribution in [2.45, 2.75) is 19.9 Å². The van der Waals surface area contributed by atoms with Crippen molar-refractivity contribution < 1.29 is 4.79 Å². The third-order valence-electron chi connectivity index (χ3n) is 1.86. The van der Waals surface area contributed by atoms with Gasteiger partial charge in [0, 0.05) is 10.2 Å². The number of halogens is 2. The molecule has 0 fully saturated rings. The Balaban J connectivity index is 0.00000196. The lowest BCUT2D eigenvalue weighted by Gasteiger charge is -2.10. The molecule has 1 aromatic carbocycles. The van der Waals surface area contributed by atoms with E-state index in [0.29, 0.717) is 0 Å². The van der Waals surface area contributed by atoms with Gasteiger partial charge in [0.1, 0.15) is 0 Å². The number of hydrogen-bond acceptors (Lipinski definition) is 2. The molecule has 0 spiro atoms. The van der Waals surface area contributed by atoms with Gasteiger partial charge in [0.25, 0.3) is 0 Å². The molecule has 0 aromatic heterocycles. The minimum absolute atomic E-state index is 0. The molecule has 1 amide bonds. The number of carbonyl (C=O) groups is 1. The highest BCUT2D eigenvalue weighted by Crippen LogP contribution is 2.19. The van der Waals surface area contributed by atoms with E-state index in [0.717, 1.165) is 15.7 Å². The summed E-state index contributed by atoms with van der Waals surface area (Å²) >= 11 is 3.35. The van der Waals surface area contributed by atoms with Crippen LogP contribution in [-0.2, 0) is 4.79 Å². The fraction of sp³-hybridized carbons (Fsp3) is 0.300. The SMILES string of the molecule is Cc1cc(Br)ccc1NC(=O)[C@@H](C)N.Cl. The molecule has 15 heavy (non-hydrogen) atoms. The Hall–Kier alpha value is -0.580. The quantitative estimate of drug-likeness (QED) is 0.880. The number of nitrogens with one attached hydrogen (secondary N) is 1. The minimum atomic E-state index is -0.488. The Kier molecular flexibility index (Phi) is 5.87. The van der Waals surface area contributed by atoms with Crippen molar-refractivity contribution in [1.29, 1.82) is 0 Å². The predicted octanol–water partition coefficient (Wildman–Crippen LogP) is 2.47. The Labute approximate surface area is 104 Å². The number of amides is 1. The molecule has 0 bridgehead atoms. The van der Waals surface area contributed by atoms with E-state index in [1.165, 1.54) is 0 Å². The summed E-state index contributed by atoms with van der Waals surface area (Å²) in [5, 5.41) is 2.75. The maximum Gasteiger partial charge on any atom is 0.241 e. The summed E-state index contributed by atoms with van der Waals surface area (Å²) in [6, 6.07) is 5.18. The molecule has 0 saturated carbocycles. The highest BCUT2D eigenvalue weighted by atomic mass is 79.9. The highest BCUT2D eigenvalue weighted by Gasteiger charge is 2.08. The van der Waals surface area contributed by atoms with Crippen molar-refractivity contribution in [2.75, 3.05) is 5.32 Å². The molecule has 0 radical (unpaired) electrons. The van der Waals surface area contributed by atoms with Crippen LogP contribution in [0.25, 0.3) is 0 Å². The van der Waals surface area contributed by atoms with Crippen LogP contribution in [0, 0.1) is 6.92 Å². The molecular weight excluding hydrogens is 279 g/mol. The zero-order valence-electron chi connectivity index (χ0n) is 8.58. The van der Waals surface area contributed by atoms with E-state index in [1.807, 2.05) is 25.1 Å². The van der Waals surface area contributed by atoms with Crippen molar-refractivity contribution >= 4 is 39.9 Å². The summed E-state index contributed by atoms with van der Waals surface area (Å²) in [5.41, 5.74) is 7.25. The third kappa shape index (κ3) is 4.20. The van der Waals surface area contributed by atoms with Crippen molar-refractivity contribution in [1.82, 2.24) is 0 Å². The summed E-state index contributed by atoms with van der Waals surface area (Å²) < 4.78 is 0.994. The maximum absolute atomic E-state index is 11.3. The van der Waals surface area contributed by atoms with Gasteiger partial charge in [-0.3, -0.25) is 4.79 Å². The van der Waals surface area contributed by atoms with E-state index in [9.17, 15) is 4.79 Å². The Morgan fingerprint density at radius 2 is 2.13 bits per heavy atom. The van der Waals surface area contributed by atoms with E-state index in [-0.39, 0.29) is 18.3 Å². The van der Waals surface area contributed by atoms with Gasteiger partial charge >= 0.3 is 0 Å². The molecule has 1 atom stereocenters. The van der Waals surface area contributed by atoms with Crippen LogP contribution in [0.3, 0.4) is 0 Å². The highest BCUT2D eigenvalue weighted by molar-refractivity contribution is 9.10. The van der Waals surface area contributed by atoms with Crippen LogP contribution >= 0.6 is 28.3 Å². The van der Waals surface area contributed by atoms with E-state index < -0.39 is 6.04 Å². The summed E-state index contributed by atoms with van der Waals surface area (Å²) in [6.07, 6.45) is 0. The van der Waals surface area contributed by atoms with Gasteiger partial charge in [0.15, 0.2) is 0 Å². The van der Waals surface area contributed by atoms with Crippen LogP contribution in [-0.4, -0.2) is 11.9 Å². The van der Waals surface area contributed by atoms with Gasteiger partial charge in [0.05, 0.1) is 6.04 Å². The topological polar surface area (TPSA) is 55.1 Å². The second-order valence-electron chi connectivity index (χ2n) is 3.24. The first-order valence-electron chi connectivity index (χ1n) is 4.33. The van der Waals surface area contributed by atoms with E-state index in [2.05, 4.69) is 21.2 Å². The zero-order valence-corrected chi connectivity index (χ0v) is 11.0. The average molecular weight is 294 g/mol. The van der Waals surface area contributed by atoms with Crippen molar-refractivity contribution in [3.63, 3.8) is 0 Å². The Morgan fingerprint density at radius 1 is 1.53 bits per heavy atom. The average Bonchev–Trinajstić information content (AvgIpc) is 2.09. The first-order chi connectivity index (χ1) is 6.50. The Morgan fingerprint density at radius 3 is 2.60 bits per heavy atom. The molecule has 5 heteroatoms. The molecule has 0 saturated heterocycles.